The van der Waals surface area contributed by atoms with Crippen LogP contribution in [-0.2, 0) is 9.53 Å². The number of hydrogen-bond acceptors (Lipinski definition) is 7. The van der Waals surface area contributed by atoms with Gasteiger partial charge in [-0.25, -0.2) is 14.2 Å². The lowest BCUT2D eigenvalue weighted by Gasteiger charge is -2.24. The quantitative estimate of drug-likeness (QED) is 0.470. The molecule has 0 saturated carbocycles. The van der Waals surface area contributed by atoms with Gasteiger partial charge in [-0.05, 0) is 55.3 Å². The molecule has 3 heterocycles. The molecule has 0 aliphatic carbocycles. The molecule has 10 heteroatoms. The fourth-order valence-electron chi connectivity index (χ4n) is 3.94. The molecule has 3 aromatic rings. The van der Waals surface area contributed by atoms with Crippen LogP contribution in [0.25, 0.3) is 6.08 Å². The van der Waals surface area contributed by atoms with Gasteiger partial charge in [0.05, 0.1) is 28.5 Å². The average molecular weight is 545 g/mol. The molecule has 0 saturated heterocycles. The smallest absolute Gasteiger partial charge is 0.338 e. The lowest BCUT2D eigenvalue weighted by atomic mass is 9.96. The van der Waals surface area contributed by atoms with Gasteiger partial charge >= 0.3 is 5.97 Å². The van der Waals surface area contributed by atoms with E-state index in [-0.39, 0.29) is 24.5 Å². The maximum Gasteiger partial charge on any atom is 0.338 e. The summed E-state index contributed by atoms with van der Waals surface area (Å²) in [4.78, 5) is 31.4. The van der Waals surface area contributed by atoms with E-state index in [1.54, 1.807) is 44.2 Å². The van der Waals surface area contributed by atoms with Crippen molar-refractivity contribution >= 4 is 39.3 Å². The van der Waals surface area contributed by atoms with Gasteiger partial charge in [0.25, 0.3) is 5.56 Å². The molecule has 2 aliphatic rings. The lowest BCUT2D eigenvalue weighted by Crippen LogP contribution is -2.39. The maximum atomic E-state index is 13.6. The van der Waals surface area contributed by atoms with Crippen molar-refractivity contribution in [2.24, 2.45) is 4.99 Å². The minimum absolute atomic E-state index is 0.140. The summed E-state index contributed by atoms with van der Waals surface area (Å²) in [7, 11) is 0. The molecule has 0 N–H and O–H groups in total. The Balaban J connectivity index is 1.71. The summed E-state index contributed by atoms with van der Waals surface area (Å²) in [6.07, 6.45) is 1.74. The van der Waals surface area contributed by atoms with Crippen LogP contribution in [0, 0.1) is 5.82 Å². The summed E-state index contributed by atoms with van der Waals surface area (Å²) >= 11 is 4.72. The molecule has 1 atom stereocenters. The van der Waals surface area contributed by atoms with Gasteiger partial charge in [-0.1, -0.05) is 39.4 Å². The van der Waals surface area contributed by atoms with E-state index >= 15 is 0 Å². The number of rotatable bonds is 4. The number of halogens is 2. The van der Waals surface area contributed by atoms with E-state index in [0.717, 1.165) is 10.0 Å². The predicted octanol–water partition coefficient (Wildman–Crippen LogP) is 3.43. The summed E-state index contributed by atoms with van der Waals surface area (Å²) in [5, 5.41) is 0. The van der Waals surface area contributed by atoms with E-state index in [1.165, 1.54) is 28.0 Å². The minimum Gasteiger partial charge on any atom is -0.463 e. The van der Waals surface area contributed by atoms with E-state index in [9.17, 15) is 14.0 Å². The summed E-state index contributed by atoms with van der Waals surface area (Å²) < 4.78 is 32.4. The molecule has 0 unspecified atom stereocenters. The highest BCUT2D eigenvalue weighted by Crippen LogP contribution is 2.37. The minimum atomic E-state index is -0.793. The molecular formula is C24H18BrFN2O5S. The molecule has 2 aliphatic heterocycles. The van der Waals surface area contributed by atoms with Crippen molar-refractivity contribution in [2.45, 2.75) is 19.9 Å². The van der Waals surface area contributed by atoms with Gasteiger partial charge in [0.2, 0.25) is 6.79 Å². The molecular weight excluding hydrogens is 527 g/mol. The first-order chi connectivity index (χ1) is 16.4. The van der Waals surface area contributed by atoms with Crippen LogP contribution in [0.5, 0.6) is 11.5 Å². The van der Waals surface area contributed by atoms with Crippen LogP contribution in [-0.4, -0.2) is 23.9 Å². The summed E-state index contributed by atoms with van der Waals surface area (Å²) in [5.41, 5.74) is 1.68. The molecule has 0 spiro atoms. The zero-order valence-corrected chi connectivity index (χ0v) is 20.5. The fourth-order valence-corrected chi connectivity index (χ4v) is 5.41. The van der Waals surface area contributed by atoms with E-state index in [0.29, 0.717) is 32.1 Å². The number of carbonyl (C=O) groups is 1. The summed E-state index contributed by atoms with van der Waals surface area (Å²) in [5.74, 6) is 0.233. The second kappa shape index (κ2) is 8.84. The van der Waals surface area contributed by atoms with Gasteiger partial charge in [0, 0.05) is 4.47 Å². The molecule has 34 heavy (non-hydrogen) atoms. The first kappa shape index (κ1) is 22.5. The number of thiazole rings is 1. The lowest BCUT2D eigenvalue weighted by molar-refractivity contribution is -0.139. The van der Waals surface area contributed by atoms with Crippen molar-refractivity contribution in [1.29, 1.82) is 0 Å². The third-order valence-electron chi connectivity index (χ3n) is 5.48. The Morgan fingerprint density at radius 1 is 1.29 bits per heavy atom. The average Bonchev–Trinajstić information content (AvgIpc) is 3.37. The van der Waals surface area contributed by atoms with Crippen LogP contribution in [0.4, 0.5) is 4.39 Å². The Hall–Kier alpha value is -3.24. The first-order valence-electron chi connectivity index (χ1n) is 10.4. The Morgan fingerprint density at radius 3 is 2.71 bits per heavy atom. The van der Waals surface area contributed by atoms with Crippen molar-refractivity contribution < 1.29 is 23.4 Å². The zero-order valence-electron chi connectivity index (χ0n) is 18.1. The number of aromatic nitrogens is 1. The molecule has 174 valence electrons. The highest BCUT2D eigenvalue weighted by atomic mass is 79.9. The summed E-state index contributed by atoms with van der Waals surface area (Å²) in [6, 6.07) is 8.50. The monoisotopic (exact) mass is 544 g/mol. The van der Waals surface area contributed by atoms with Gasteiger partial charge < -0.3 is 14.2 Å². The molecule has 7 nitrogen and oxygen atoms in total. The van der Waals surface area contributed by atoms with E-state index in [4.69, 9.17) is 14.2 Å². The predicted molar refractivity (Wildman–Crippen MR) is 127 cm³/mol. The maximum absolute atomic E-state index is 13.6. The molecule has 5 rings (SSSR count). The standard InChI is InChI=1S/C24H18BrFN2O5S/c1-3-31-23(30)20-12(2)27-24-28(21(20)13-4-6-15(26)7-5-13)22(29)19(34-24)9-14-8-17-18(10-16(14)25)33-11-32-17/h4-10,21H,3,11H2,1-2H3/b19-9-/t21-/m1/s1. The Kier molecular flexibility index (Phi) is 5.86. The molecule has 1 aromatic heterocycles. The van der Waals surface area contributed by atoms with Gasteiger partial charge in [0.1, 0.15) is 5.82 Å². The van der Waals surface area contributed by atoms with Gasteiger partial charge in [-0.2, -0.15) is 0 Å². The van der Waals surface area contributed by atoms with Crippen LogP contribution >= 0.6 is 27.3 Å². The highest BCUT2D eigenvalue weighted by Gasteiger charge is 2.33. The van der Waals surface area contributed by atoms with E-state index in [2.05, 4.69) is 20.9 Å². The third-order valence-corrected chi connectivity index (χ3v) is 7.15. The zero-order chi connectivity index (χ0) is 24.0. The number of benzene rings is 2. The number of ether oxygens (including phenoxy) is 3. The first-order valence-corrected chi connectivity index (χ1v) is 12.0. The Labute approximate surface area is 205 Å². The SMILES string of the molecule is CCOC(=O)C1=C(C)N=c2s/c(=C\c3cc4c(cc3Br)OCO4)c(=O)n2[C@@H]1c1ccc(F)cc1. The number of hydrogen-bond donors (Lipinski definition) is 0. The fraction of sp³-hybridized carbons (Fsp3) is 0.208. The van der Waals surface area contributed by atoms with Gasteiger partial charge in [-0.15, -0.1) is 0 Å². The van der Waals surface area contributed by atoms with Crippen LogP contribution in [0.2, 0.25) is 0 Å². The largest absolute Gasteiger partial charge is 0.463 e. The number of nitrogens with zero attached hydrogens (tertiary/aromatic N) is 2. The van der Waals surface area contributed by atoms with Crippen LogP contribution in [0.15, 0.2) is 61.9 Å². The number of carbonyl (C=O) groups excluding carboxylic acids is 1. The highest BCUT2D eigenvalue weighted by molar-refractivity contribution is 9.10. The van der Waals surface area contributed by atoms with Gasteiger partial charge in [-0.3, -0.25) is 9.36 Å². The van der Waals surface area contributed by atoms with Crippen molar-refractivity contribution in [2.75, 3.05) is 13.4 Å². The number of allylic oxidation sites excluding steroid dienone is 1. The van der Waals surface area contributed by atoms with Crippen molar-refractivity contribution in [3.8, 4) is 11.5 Å². The molecule has 0 fully saturated rings. The molecule has 0 bridgehead atoms. The van der Waals surface area contributed by atoms with Gasteiger partial charge in [0.15, 0.2) is 16.3 Å². The van der Waals surface area contributed by atoms with Crippen LogP contribution < -0.4 is 24.4 Å². The van der Waals surface area contributed by atoms with E-state index in [1.807, 2.05) is 0 Å². The molecule has 2 aromatic carbocycles. The summed E-state index contributed by atoms with van der Waals surface area (Å²) in [6.45, 7) is 3.72. The Bertz CT molecular complexity index is 1520. The van der Waals surface area contributed by atoms with Crippen molar-refractivity contribution in [3.63, 3.8) is 0 Å². The third kappa shape index (κ3) is 3.86. The van der Waals surface area contributed by atoms with Crippen LogP contribution in [0.1, 0.15) is 31.0 Å². The molecule has 0 amide bonds. The number of fused-ring (bicyclic) bond motifs is 2. The Morgan fingerprint density at radius 2 is 2.00 bits per heavy atom. The van der Waals surface area contributed by atoms with Crippen molar-refractivity contribution in [3.05, 3.63) is 88.8 Å². The second-order valence-electron chi connectivity index (χ2n) is 7.58. The van der Waals surface area contributed by atoms with Crippen molar-refractivity contribution in [1.82, 2.24) is 4.57 Å². The normalized spacial score (nSPS) is 16.9. The second-order valence-corrected chi connectivity index (χ2v) is 9.44. The van der Waals surface area contributed by atoms with E-state index < -0.39 is 17.8 Å². The molecule has 0 radical (unpaired) electrons. The topological polar surface area (TPSA) is 79.1 Å². The number of esters is 1. The van der Waals surface area contributed by atoms with Crippen LogP contribution in [0.3, 0.4) is 0 Å².